The highest BCUT2D eigenvalue weighted by molar-refractivity contribution is 6.16. The number of pyridine rings is 1. The SMILES string of the molecule is COCC(C(C)C)n1c(CCl)nc2c(C)ccnc21. The van der Waals surface area contributed by atoms with Crippen molar-refractivity contribution in [2.75, 3.05) is 13.7 Å². The van der Waals surface area contributed by atoms with Crippen molar-refractivity contribution in [1.29, 1.82) is 0 Å². The molecule has 0 aliphatic carbocycles. The Labute approximate surface area is 118 Å². The Bertz CT molecular complexity index is 565. The number of halogens is 1. The second-order valence-corrected chi connectivity index (χ2v) is 5.37. The molecule has 1 unspecified atom stereocenters. The number of alkyl halides is 1. The highest BCUT2D eigenvalue weighted by Gasteiger charge is 2.23. The molecule has 1 atom stereocenters. The van der Waals surface area contributed by atoms with Gasteiger partial charge in [-0.05, 0) is 24.5 Å². The number of nitrogens with zero attached hydrogens (tertiary/aromatic N) is 3. The van der Waals surface area contributed by atoms with Crippen molar-refractivity contribution in [1.82, 2.24) is 14.5 Å². The van der Waals surface area contributed by atoms with Crippen molar-refractivity contribution < 1.29 is 4.74 Å². The summed E-state index contributed by atoms with van der Waals surface area (Å²) in [6, 6.07) is 2.16. The number of rotatable bonds is 5. The molecule has 104 valence electrons. The summed E-state index contributed by atoms with van der Waals surface area (Å²) in [6.45, 7) is 7.01. The van der Waals surface area contributed by atoms with E-state index >= 15 is 0 Å². The van der Waals surface area contributed by atoms with Crippen LogP contribution in [0.4, 0.5) is 0 Å². The van der Waals surface area contributed by atoms with E-state index in [1.165, 1.54) is 0 Å². The van der Waals surface area contributed by atoms with Gasteiger partial charge in [-0.3, -0.25) is 0 Å². The number of hydrogen-bond donors (Lipinski definition) is 0. The van der Waals surface area contributed by atoms with Gasteiger partial charge in [0.2, 0.25) is 0 Å². The second kappa shape index (κ2) is 5.88. The van der Waals surface area contributed by atoms with Crippen LogP contribution in [0.2, 0.25) is 0 Å². The molecule has 0 amide bonds. The van der Waals surface area contributed by atoms with Gasteiger partial charge < -0.3 is 9.30 Å². The number of hydrogen-bond acceptors (Lipinski definition) is 3. The first-order valence-electron chi connectivity index (χ1n) is 6.47. The van der Waals surface area contributed by atoms with Gasteiger partial charge in [-0.1, -0.05) is 13.8 Å². The van der Waals surface area contributed by atoms with Gasteiger partial charge in [0.25, 0.3) is 0 Å². The van der Waals surface area contributed by atoms with Crippen molar-refractivity contribution >= 4 is 22.8 Å². The van der Waals surface area contributed by atoms with Crippen molar-refractivity contribution in [3.63, 3.8) is 0 Å². The lowest BCUT2D eigenvalue weighted by molar-refractivity contribution is 0.133. The van der Waals surface area contributed by atoms with Crippen LogP contribution in [0.15, 0.2) is 12.3 Å². The van der Waals surface area contributed by atoms with E-state index in [9.17, 15) is 0 Å². The van der Waals surface area contributed by atoms with E-state index in [0.29, 0.717) is 18.4 Å². The minimum atomic E-state index is 0.193. The Kier molecular flexibility index (Phi) is 4.42. The summed E-state index contributed by atoms with van der Waals surface area (Å²) < 4.78 is 7.48. The molecule has 19 heavy (non-hydrogen) atoms. The predicted molar refractivity (Wildman–Crippen MR) is 77.6 cm³/mol. The first kappa shape index (κ1) is 14.3. The van der Waals surface area contributed by atoms with Gasteiger partial charge in [-0.15, -0.1) is 11.6 Å². The average Bonchev–Trinajstić information content (AvgIpc) is 2.75. The molecule has 0 spiro atoms. The summed E-state index contributed by atoms with van der Waals surface area (Å²) in [5.74, 6) is 1.65. The molecule has 5 heteroatoms. The normalized spacial score (nSPS) is 13.4. The molecule has 0 aromatic carbocycles. The van der Waals surface area contributed by atoms with Gasteiger partial charge >= 0.3 is 0 Å². The lowest BCUT2D eigenvalue weighted by atomic mass is 10.0. The molecule has 0 radical (unpaired) electrons. The highest BCUT2D eigenvalue weighted by Crippen LogP contribution is 2.27. The first-order chi connectivity index (χ1) is 9.10. The summed E-state index contributed by atoms with van der Waals surface area (Å²) >= 11 is 6.05. The predicted octanol–water partition coefficient (Wildman–Crippen LogP) is 3.32. The standard InChI is InChI=1S/C14H20ClN3O/c1-9(2)11(8-19-4)18-12(7-15)17-13-10(3)5-6-16-14(13)18/h5-6,9,11H,7-8H2,1-4H3. The molecule has 4 nitrogen and oxygen atoms in total. The van der Waals surface area contributed by atoms with E-state index in [0.717, 1.165) is 22.6 Å². The fourth-order valence-electron chi connectivity index (χ4n) is 2.33. The quantitative estimate of drug-likeness (QED) is 0.789. The molecule has 0 saturated carbocycles. The van der Waals surface area contributed by atoms with Crippen LogP contribution in [0.5, 0.6) is 0 Å². The van der Waals surface area contributed by atoms with E-state index in [2.05, 4.69) is 28.4 Å². The Balaban J connectivity index is 2.65. The molecule has 0 aliphatic rings. The third-order valence-corrected chi connectivity index (χ3v) is 3.65. The zero-order chi connectivity index (χ0) is 14.0. The Morgan fingerprint density at radius 2 is 2.16 bits per heavy atom. The van der Waals surface area contributed by atoms with Crippen molar-refractivity contribution in [2.24, 2.45) is 5.92 Å². The third kappa shape index (κ3) is 2.60. The Morgan fingerprint density at radius 1 is 1.42 bits per heavy atom. The molecule has 2 aromatic rings. The van der Waals surface area contributed by atoms with E-state index < -0.39 is 0 Å². The molecular weight excluding hydrogens is 262 g/mol. The molecule has 0 saturated heterocycles. The molecular formula is C14H20ClN3O. The van der Waals surface area contributed by atoms with E-state index in [4.69, 9.17) is 16.3 Å². The minimum Gasteiger partial charge on any atom is -0.383 e. The minimum absolute atomic E-state index is 0.193. The molecule has 0 N–H and O–H groups in total. The van der Waals surface area contributed by atoms with Crippen LogP contribution in [0.25, 0.3) is 11.2 Å². The van der Waals surface area contributed by atoms with Crippen LogP contribution >= 0.6 is 11.6 Å². The van der Waals surface area contributed by atoms with E-state index in [1.807, 2.05) is 19.2 Å². The van der Waals surface area contributed by atoms with Gasteiger partial charge in [0.15, 0.2) is 5.65 Å². The second-order valence-electron chi connectivity index (χ2n) is 5.10. The van der Waals surface area contributed by atoms with Gasteiger partial charge in [0, 0.05) is 13.3 Å². The highest BCUT2D eigenvalue weighted by atomic mass is 35.5. The number of ether oxygens (including phenoxy) is 1. The van der Waals surface area contributed by atoms with Gasteiger partial charge in [0.05, 0.1) is 18.5 Å². The summed E-state index contributed by atoms with van der Waals surface area (Å²) in [5, 5.41) is 0. The molecule has 2 aromatic heterocycles. The van der Waals surface area contributed by atoms with Crippen LogP contribution in [-0.4, -0.2) is 28.3 Å². The summed E-state index contributed by atoms with van der Waals surface area (Å²) in [4.78, 5) is 9.11. The molecule has 2 rings (SSSR count). The summed E-state index contributed by atoms with van der Waals surface area (Å²) in [5.41, 5.74) is 2.95. The maximum Gasteiger partial charge on any atom is 0.160 e. The monoisotopic (exact) mass is 281 g/mol. The van der Waals surface area contributed by atoms with Gasteiger partial charge in [-0.2, -0.15) is 0 Å². The lowest BCUT2D eigenvalue weighted by Gasteiger charge is -2.23. The topological polar surface area (TPSA) is 39.9 Å². The van der Waals surface area contributed by atoms with Gasteiger partial charge in [-0.25, -0.2) is 9.97 Å². The van der Waals surface area contributed by atoms with E-state index in [-0.39, 0.29) is 6.04 Å². The van der Waals surface area contributed by atoms with Crippen LogP contribution in [0, 0.1) is 12.8 Å². The fraction of sp³-hybridized carbons (Fsp3) is 0.571. The average molecular weight is 282 g/mol. The maximum atomic E-state index is 6.05. The number of methoxy groups -OCH3 is 1. The Hall–Kier alpha value is -1.13. The summed E-state index contributed by atoms with van der Waals surface area (Å²) in [7, 11) is 1.72. The number of imidazole rings is 1. The zero-order valence-electron chi connectivity index (χ0n) is 11.9. The van der Waals surface area contributed by atoms with Crippen LogP contribution in [-0.2, 0) is 10.6 Å². The molecule has 0 fully saturated rings. The van der Waals surface area contributed by atoms with Gasteiger partial charge in [0.1, 0.15) is 11.3 Å². The smallest absolute Gasteiger partial charge is 0.160 e. The van der Waals surface area contributed by atoms with Crippen LogP contribution in [0.3, 0.4) is 0 Å². The Morgan fingerprint density at radius 3 is 2.74 bits per heavy atom. The first-order valence-corrected chi connectivity index (χ1v) is 7.00. The maximum absolute atomic E-state index is 6.05. The van der Waals surface area contributed by atoms with Crippen LogP contribution in [0.1, 0.15) is 31.3 Å². The summed E-state index contributed by atoms with van der Waals surface area (Å²) in [6.07, 6.45) is 1.82. The zero-order valence-corrected chi connectivity index (χ0v) is 12.6. The van der Waals surface area contributed by atoms with Crippen molar-refractivity contribution in [3.05, 3.63) is 23.7 Å². The number of fused-ring (bicyclic) bond motifs is 1. The van der Waals surface area contributed by atoms with Crippen molar-refractivity contribution in [2.45, 2.75) is 32.7 Å². The molecule has 0 bridgehead atoms. The van der Waals surface area contributed by atoms with E-state index in [1.54, 1.807) is 7.11 Å². The largest absolute Gasteiger partial charge is 0.383 e. The number of aromatic nitrogens is 3. The number of aryl methyl sites for hydroxylation is 1. The fourth-order valence-corrected chi connectivity index (χ4v) is 2.52. The van der Waals surface area contributed by atoms with Crippen LogP contribution < -0.4 is 0 Å². The van der Waals surface area contributed by atoms with Crippen molar-refractivity contribution in [3.8, 4) is 0 Å². The third-order valence-electron chi connectivity index (χ3n) is 3.41. The molecule has 2 heterocycles. The molecule has 0 aliphatic heterocycles. The lowest BCUT2D eigenvalue weighted by Crippen LogP contribution is -2.22.